The van der Waals surface area contributed by atoms with E-state index in [0.29, 0.717) is 5.92 Å². The van der Waals surface area contributed by atoms with Crippen LogP contribution in [-0.4, -0.2) is 45.0 Å². The SMILES string of the molecule is Nc1cnn(CCN2CCC3(O)CCCCC3C2)c1. The second-order valence-corrected chi connectivity index (χ2v) is 6.13. The first-order valence-electron chi connectivity index (χ1n) is 7.38. The van der Waals surface area contributed by atoms with Crippen LogP contribution in [0.5, 0.6) is 0 Å². The van der Waals surface area contributed by atoms with Gasteiger partial charge in [-0.05, 0) is 19.3 Å². The minimum Gasteiger partial charge on any atom is -0.396 e. The molecule has 2 atom stereocenters. The highest BCUT2D eigenvalue weighted by Gasteiger charge is 2.42. The van der Waals surface area contributed by atoms with Gasteiger partial charge in [-0.3, -0.25) is 4.68 Å². The lowest BCUT2D eigenvalue weighted by Gasteiger charge is -2.47. The van der Waals surface area contributed by atoms with Gasteiger partial charge in [0.25, 0.3) is 0 Å². The average molecular weight is 264 g/mol. The zero-order valence-electron chi connectivity index (χ0n) is 11.5. The van der Waals surface area contributed by atoms with E-state index in [1.165, 1.54) is 19.3 Å². The molecule has 1 aliphatic carbocycles. The van der Waals surface area contributed by atoms with Gasteiger partial charge >= 0.3 is 0 Å². The fraction of sp³-hybridized carbons (Fsp3) is 0.786. The lowest BCUT2D eigenvalue weighted by Crippen LogP contribution is -2.53. The molecule has 1 saturated carbocycles. The molecule has 5 nitrogen and oxygen atoms in total. The third-order valence-corrected chi connectivity index (χ3v) is 4.81. The lowest BCUT2D eigenvalue weighted by molar-refractivity contribution is -0.0956. The fourth-order valence-electron chi connectivity index (χ4n) is 3.59. The second kappa shape index (κ2) is 5.13. The lowest BCUT2D eigenvalue weighted by atomic mass is 9.71. The molecule has 0 aromatic carbocycles. The molecule has 3 rings (SSSR count). The smallest absolute Gasteiger partial charge is 0.0719 e. The number of hydrogen-bond acceptors (Lipinski definition) is 4. The molecule has 0 bridgehead atoms. The van der Waals surface area contributed by atoms with Crippen molar-refractivity contribution in [2.24, 2.45) is 5.92 Å². The van der Waals surface area contributed by atoms with Gasteiger partial charge in [0.15, 0.2) is 0 Å². The van der Waals surface area contributed by atoms with Crippen LogP contribution in [0, 0.1) is 5.92 Å². The minimum atomic E-state index is -0.370. The molecule has 1 saturated heterocycles. The van der Waals surface area contributed by atoms with Gasteiger partial charge in [-0.25, -0.2) is 0 Å². The number of nitrogens with zero attached hydrogens (tertiary/aromatic N) is 3. The van der Waals surface area contributed by atoms with Crippen LogP contribution in [0.3, 0.4) is 0 Å². The third-order valence-electron chi connectivity index (χ3n) is 4.81. The summed E-state index contributed by atoms with van der Waals surface area (Å²) in [6, 6.07) is 0. The molecule has 2 fully saturated rings. The predicted octanol–water partition coefficient (Wildman–Crippen LogP) is 1.09. The minimum absolute atomic E-state index is 0.370. The Kier molecular flexibility index (Phi) is 3.50. The van der Waals surface area contributed by atoms with Crippen molar-refractivity contribution in [2.45, 2.75) is 44.2 Å². The molecule has 1 aliphatic heterocycles. The van der Waals surface area contributed by atoms with Crippen molar-refractivity contribution in [3.63, 3.8) is 0 Å². The maximum absolute atomic E-state index is 10.6. The quantitative estimate of drug-likeness (QED) is 0.857. The molecule has 3 N–H and O–H groups in total. The predicted molar refractivity (Wildman–Crippen MR) is 74.6 cm³/mol. The van der Waals surface area contributed by atoms with E-state index in [1.807, 2.05) is 10.9 Å². The van der Waals surface area contributed by atoms with Crippen LogP contribution in [0.2, 0.25) is 0 Å². The zero-order chi connectivity index (χ0) is 13.3. The van der Waals surface area contributed by atoms with E-state index in [9.17, 15) is 5.11 Å². The summed E-state index contributed by atoms with van der Waals surface area (Å²) < 4.78 is 1.90. The molecule has 2 unspecified atom stereocenters. The van der Waals surface area contributed by atoms with Crippen LogP contribution in [-0.2, 0) is 6.54 Å². The van der Waals surface area contributed by atoms with Crippen LogP contribution in [0.1, 0.15) is 32.1 Å². The molecular weight excluding hydrogens is 240 g/mol. The van der Waals surface area contributed by atoms with Crippen LogP contribution in [0.25, 0.3) is 0 Å². The van der Waals surface area contributed by atoms with E-state index < -0.39 is 0 Å². The molecule has 1 aromatic heterocycles. The van der Waals surface area contributed by atoms with Gasteiger partial charge in [0.05, 0.1) is 24.0 Å². The van der Waals surface area contributed by atoms with Crippen molar-refractivity contribution < 1.29 is 5.11 Å². The van der Waals surface area contributed by atoms with E-state index in [0.717, 1.165) is 44.7 Å². The zero-order valence-corrected chi connectivity index (χ0v) is 11.5. The Labute approximate surface area is 114 Å². The largest absolute Gasteiger partial charge is 0.396 e. The second-order valence-electron chi connectivity index (χ2n) is 6.13. The van der Waals surface area contributed by atoms with Crippen molar-refractivity contribution in [1.29, 1.82) is 0 Å². The Balaban J connectivity index is 1.53. The highest BCUT2D eigenvalue weighted by molar-refractivity contribution is 5.30. The number of aromatic nitrogens is 2. The summed E-state index contributed by atoms with van der Waals surface area (Å²) in [6.45, 7) is 3.91. The normalized spacial score (nSPS) is 32.2. The first kappa shape index (κ1) is 12.9. The molecule has 5 heteroatoms. The first-order valence-corrected chi connectivity index (χ1v) is 7.38. The third kappa shape index (κ3) is 2.77. The van der Waals surface area contributed by atoms with Gasteiger partial charge in [0.2, 0.25) is 0 Å². The number of anilines is 1. The summed E-state index contributed by atoms with van der Waals surface area (Å²) in [5, 5.41) is 14.8. The number of fused-ring (bicyclic) bond motifs is 1. The van der Waals surface area contributed by atoms with Crippen molar-refractivity contribution in [2.75, 3.05) is 25.4 Å². The first-order chi connectivity index (χ1) is 9.16. The molecule has 0 amide bonds. The van der Waals surface area contributed by atoms with Gasteiger partial charge in [-0.15, -0.1) is 0 Å². The Morgan fingerprint density at radius 1 is 1.37 bits per heavy atom. The van der Waals surface area contributed by atoms with E-state index in [4.69, 9.17) is 5.73 Å². The Bertz CT molecular complexity index is 433. The number of hydrogen-bond donors (Lipinski definition) is 2. The van der Waals surface area contributed by atoms with E-state index in [-0.39, 0.29) is 5.60 Å². The van der Waals surface area contributed by atoms with Gasteiger partial charge in [0.1, 0.15) is 0 Å². The summed E-state index contributed by atoms with van der Waals surface area (Å²) in [5.41, 5.74) is 6.01. The monoisotopic (exact) mass is 264 g/mol. The number of nitrogen functional groups attached to an aromatic ring is 1. The van der Waals surface area contributed by atoms with E-state index >= 15 is 0 Å². The summed E-state index contributed by atoms with van der Waals surface area (Å²) >= 11 is 0. The van der Waals surface area contributed by atoms with Crippen LogP contribution in [0.15, 0.2) is 12.4 Å². The number of rotatable bonds is 3. The molecule has 19 heavy (non-hydrogen) atoms. The van der Waals surface area contributed by atoms with Gasteiger partial charge in [-0.2, -0.15) is 5.10 Å². The molecule has 106 valence electrons. The molecule has 0 spiro atoms. The summed E-state index contributed by atoms with van der Waals surface area (Å²) in [4.78, 5) is 2.46. The molecular formula is C14H24N4O. The number of piperidine rings is 1. The highest BCUT2D eigenvalue weighted by atomic mass is 16.3. The maximum atomic E-state index is 10.6. The summed E-state index contributed by atoms with van der Waals surface area (Å²) in [6.07, 6.45) is 9.15. The van der Waals surface area contributed by atoms with Crippen LogP contribution >= 0.6 is 0 Å². The highest BCUT2D eigenvalue weighted by Crippen LogP contribution is 2.39. The molecule has 1 aromatic rings. The Hall–Kier alpha value is -1.07. The van der Waals surface area contributed by atoms with Gasteiger partial charge < -0.3 is 15.7 Å². The average Bonchev–Trinajstić information content (AvgIpc) is 2.82. The Morgan fingerprint density at radius 2 is 2.26 bits per heavy atom. The van der Waals surface area contributed by atoms with E-state index in [1.54, 1.807) is 6.20 Å². The van der Waals surface area contributed by atoms with Gasteiger partial charge in [0, 0.05) is 31.7 Å². The van der Waals surface area contributed by atoms with Crippen molar-refractivity contribution in [3.8, 4) is 0 Å². The summed E-state index contributed by atoms with van der Waals surface area (Å²) in [7, 11) is 0. The molecule has 2 aliphatic rings. The fourth-order valence-corrected chi connectivity index (χ4v) is 3.59. The van der Waals surface area contributed by atoms with Crippen LogP contribution in [0.4, 0.5) is 5.69 Å². The van der Waals surface area contributed by atoms with Crippen LogP contribution < -0.4 is 5.73 Å². The molecule has 0 radical (unpaired) electrons. The standard InChI is InChI=1S/C14H24N4O/c15-13-9-16-18(11-13)8-7-17-6-5-14(19)4-2-1-3-12(14)10-17/h9,11-12,19H,1-8,10,15H2. The van der Waals surface area contributed by atoms with Crippen molar-refractivity contribution >= 4 is 5.69 Å². The van der Waals surface area contributed by atoms with Crippen molar-refractivity contribution in [1.82, 2.24) is 14.7 Å². The maximum Gasteiger partial charge on any atom is 0.0719 e. The number of nitrogens with two attached hydrogens (primary N) is 1. The van der Waals surface area contributed by atoms with E-state index in [2.05, 4.69) is 10.00 Å². The van der Waals surface area contributed by atoms with Crippen molar-refractivity contribution in [3.05, 3.63) is 12.4 Å². The number of likely N-dealkylation sites (tertiary alicyclic amines) is 1. The van der Waals surface area contributed by atoms with Gasteiger partial charge in [-0.1, -0.05) is 12.8 Å². The number of aliphatic hydroxyl groups is 1. The topological polar surface area (TPSA) is 67.3 Å². The Morgan fingerprint density at radius 3 is 3.05 bits per heavy atom. The molecule has 2 heterocycles. The summed E-state index contributed by atoms with van der Waals surface area (Å²) in [5.74, 6) is 0.470.